The summed E-state index contributed by atoms with van der Waals surface area (Å²) in [7, 11) is 0. The zero-order chi connectivity index (χ0) is 15.6. The van der Waals surface area contributed by atoms with Crippen LogP contribution in [0.25, 0.3) is 0 Å². The Balaban J connectivity index is 2.07. The molecule has 2 amide bonds. The summed E-state index contributed by atoms with van der Waals surface area (Å²) in [5.74, 6) is -2.06. The number of hydrogen-bond acceptors (Lipinski definition) is 4. The van der Waals surface area contributed by atoms with Gasteiger partial charge in [-0.15, -0.1) is 11.3 Å². The number of nitrogens with zero attached hydrogens (tertiary/aromatic N) is 1. The Labute approximate surface area is 123 Å². The van der Waals surface area contributed by atoms with Gasteiger partial charge in [0.15, 0.2) is 5.13 Å². The van der Waals surface area contributed by atoms with Gasteiger partial charge < -0.3 is 10.4 Å². The number of carboxylic acids is 1. The van der Waals surface area contributed by atoms with Crippen LogP contribution in [0.5, 0.6) is 0 Å². The average molecular weight is 309 g/mol. The van der Waals surface area contributed by atoms with Gasteiger partial charge in [-0.05, 0) is 32.0 Å². The fourth-order valence-corrected chi connectivity index (χ4v) is 2.34. The molecule has 1 heterocycles. The molecule has 0 saturated carbocycles. The molecule has 2 aromatic rings. The second kappa shape index (κ2) is 5.88. The highest BCUT2D eigenvalue weighted by Gasteiger charge is 2.12. The molecule has 0 bridgehead atoms. The largest absolute Gasteiger partial charge is 0.478 e. The Bertz CT molecular complexity index is 695. The van der Waals surface area contributed by atoms with Crippen molar-refractivity contribution in [3.05, 3.63) is 40.2 Å². The van der Waals surface area contributed by atoms with Crippen LogP contribution in [0.1, 0.15) is 20.9 Å². The van der Waals surface area contributed by atoms with Gasteiger partial charge in [-0.3, -0.25) is 5.32 Å². The summed E-state index contributed by atoms with van der Waals surface area (Å²) in [6, 6.07) is 2.59. The maximum atomic E-state index is 13.7. The van der Waals surface area contributed by atoms with Crippen LogP contribution in [-0.2, 0) is 0 Å². The summed E-state index contributed by atoms with van der Waals surface area (Å²) in [5, 5.41) is 13.9. The minimum atomic E-state index is -1.24. The number of anilines is 2. The van der Waals surface area contributed by atoms with Gasteiger partial charge >= 0.3 is 12.0 Å². The first-order valence-corrected chi connectivity index (χ1v) is 6.73. The molecule has 0 aliphatic heterocycles. The van der Waals surface area contributed by atoms with E-state index in [0.29, 0.717) is 5.13 Å². The molecule has 0 aliphatic carbocycles. The number of rotatable bonds is 3. The lowest BCUT2D eigenvalue weighted by Gasteiger charge is -2.07. The van der Waals surface area contributed by atoms with E-state index in [0.717, 1.165) is 16.6 Å². The molecule has 2 rings (SSSR count). The van der Waals surface area contributed by atoms with Crippen LogP contribution in [0.2, 0.25) is 0 Å². The quantitative estimate of drug-likeness (QED) is 0.811. The highest BCUT2D eigenvalue weighted by Crippen LogP contribution is 2.22. The Morgan fingerprint density at radius 3 is 2.52 bits per heavy atom. The number of hydrogen-bond donors (Lipinski definition) is 3. The minimum absolute atomic E-state index is 0.109. The van der Waals surface area contributed by atoms with Crippen LogP contribution in [-0.4, -0.2) is 22.1 Å². The van der Waals surface area contributed by atoms with E-state index in [1.165, 1.54) is 23.5 Å². The average Bonchev–Trinajstić information content (AvgIpc) is 2.70. The van der Waals surface area contributed by atoms with E-state index in [9.17, 15) is 14.0 Å². The smallest absolute Gasteiger partial charge is 0.335 e. The number of aromatic carboxylic acids is 1. The van der Waals surface area contributed by atoms with Crippen molar-refractivity contribution < 1.29 is 19.1 Å². The zero-order valence-corrected chi connectivity index (χ0v) is 12.0. The topological polar surface area (TPSA) is 91.3 Å². The third-order valence-electron chi connectivity index (χ3n) is 2.71. The van der Waals surface area contributed by atoms with Crippen LogP contribution in [0.4, 0.5) is 20.0 Å². The Hall–Kier alpha value is -2.48. The van der Waals surface area contributed by atoms with E-state index < -0.39 is 17.8 Å². The zero-order valence-electron chi connectivity index (χ0n) is 11.2. The summed E-state index contributed by atoms with van der Waals surface area (Å²) in [6.07, 6.45) is 0. The summed E-state index contributed by atoms with van der Waals surface area (Å²) < 4.78 is 13.7. The number of carbonyl (C=O) groups is 2. The van der Waals surface area contributed by atoms with E-state index in [-0.39, 0.29) is 11.3 Å². The number of halogens is 1. The molecule has 0 atom stereocenters. The minimum Gasteiger partial charge on any atom is -0.478 e. The molecule has 8 heteroatoms. The van der Waals surface area contributed by atoms with Gasteiger partial charge in [0, 0.05) is 4.88 Å². The van der Waals surface area contributed by atoms with Gasteiger partial charge in [-0.2, -0.15) is 0 Å². The van der Waals surface area contributed by atoms with Crippen molar-refractivity contribution in [2.24, 2.45) is 0 Å². The maximum absolute atomic E-state index is 13.7. The summed E-state index contributed by atoms with van der Waals surface area (Å²) >= 11 is 1.31. The van der Waals surface area contributed by atoms with Crippen molar-refractivity contribution >= 4 is 34.2 Å². The first kappa shape index (κ1) is 14.9. The number of aromatic nitrogens is 1. The molecular formula is C13H12FN3O3S. The van der Waals surface area contributed by atoms with E-state index in [2.05, 4.69) is 15.6 Å². The number of amides is 2. The number of carboxylic acid groups (broad SMARTS) is 1. The maximum Gasteiger partial charge on any atom is 0.335 e. The lowest BCUT2D eigenvalue weighted by molar-refractivity contribution is 0.0696. The van der Waals surface area contributed by atoms with Gasteiger partial charge in [0.25, 0.3) is 0 Å². The fourth-order valence-electron chi connectivity index (χ4n) is 1.53. The van der Waals surface area contributed by atoms with Crippen LogP contribution >= 0.6 is 11.3 Å². The number of urea groups is 1. The number of aryl methyl sites for hydroxylation is 2. The lowest BCUT2D eigenvalue weighted by Crippen LogP contribution is -2.20. The molecule has 1 aromatic carbocycles. The molecule has 0 aliphatic rings. The number of benzene rings is 1. The Morgan fingerprint density at radius 1 is 1.29 bits per heavy atom. The molecular weight excluding hydrogens is 297 g/mol. The molecule has 0 saturated heterocycles. The molecule has 6 nitrogen and oxygen atoms in total. The van der Waals surface area contributed by atoms with Crippen LogP contribution in [0, 0.1) is 19.7 Å². The van der Waals surface area contributed by atoms with Crippen LogP contribution in [0.15, 0.2) is 18.2 Å². The van der Waals surface area contributed by atoms with E-state index >= 15 is 0 Å². The molecule has 110 valence electrons. The van der Waals surface area contributed by atoms with Crippen molar-refractivity contribution in [2.45, 2.75) is 13.8 Å². The van der Waals surface area contributed by atoms with Crippen molar-refractivity contribution in [1.82, 2.24) is 4.98 Å². The predicted molar refractivity (Wildman–Crippen MR) is 77.6 cm³/mol. The van der Waals surface area contributed by atoms with Crippen LogP contribution in [0.3, 0.4) is 0 Å². The Kier molecular flexibility index (Phi) is 4.18. The predicted octanol–water partition coefficient (Wildman–Crippen LogP) is 3.24. The highest BCUT2D eigenvalue weighted by atomic mass is 32.1. The molecule has 21 heavy (non-hydrogen) atoms. The summed E-state index contributed by atoms with van der Waals surface area (Å²) in [5.41, 5.74) is 0.513. The monoisotopic (exact) mass is 309 g/mol. The molecule has 0 spiro atoms. The molecule has 0 radical (unpaired) electrons. The lowest BCUT2D eigenvalue weighted by atomic mass is 10.2. The van der Waals surface area contributed by atoms with Gasteiger partial charge in [0.1, 0.15) is 5.82 Å². The highest BCUT2D eigenvalue weighted by molar-refractivity contribution is 7.15. The molecule has 1 aromatic heterocycles. The fraction of sp³-hybridized carbons (Fsp3) is 0.154. The summed E-state index contributed by atoms with van der Waals surface area (Å²) in [4.78, 5) is 27.5. The van der Waals surface area contributed by atoms with Gasteiger partial charge in [0.05, 0.1) is 16.9 Å². The molecule has 0 unspecified atom stereocenters. The van der Waals surface area contributed by atoms with E-state index in [1.807, 2.05) is 13.8 Å². The van der Waals surface area contributed by atoms with Crippen molar-refractivity contribution in [3.63, 3.8) is 0 Å². The van der Waals surface area contributed by atoms with Crippen LogP contribution < -0.4 is 10.6 Å². The SMILES string of the molecule is Cc1nc(NC(=O)Nc2ccc(C(=O)O)cc2F)sc1C. The molecule has 3 N–H and O–H groups in total. The van der Waals surface area contributed by atoms with E-state index in [1.54, 1.807) is 0 Å². The number of thiazole rings is 1. The second-order valence-electron chi connectivity index (χ2n) is 4.24. The van der Waals surface area contributed by atoms with Gasteiger partial charge in [-0.1, -0.05) is 0 Å². The van der Waals surface area contributed by atoms with Gasteiger partial charge in [0.2, 0.25) is 0 Å². The second-order valence-corrected chi connectivity index (χ2v) is 5.44. The van der Waals surface area contributed by atoms with Crippen molar-refractivity contribution in [2.75, 3.05) is 10.6 Å². The first-order valence-electron chi connectivity index (χ1n) is 5.91. The summed E-state index contributed by atoms with van der Waals surface area (Å²) in [6.45, 7) is 3.69. The van der Waals surface area contributed by atoms with Crippen molar-refractivity contribution in [3.8, 4) is 0 Å². The van der Waals surface area contributed by atoms with E-state index in [4.69, 9.17) is 5.11 Å². The van der Waals surface area contributed by atoms with Gasteiger partial charge in [-0.25, -0.2) is 19.0 Å². The number of nitrogens with one attached hydrogen (secondary N) is 2. The number of carbonyl (C=O) groups excluding carboxylic acids is 1. The standard InChI is InChI=1S/C13H12FN3O3S/c1-6-7(2)21-13(15-6)17-12(20)16-10-4-3-8(11(18)19)5-9(10)14/h3-5H,1-2H3,(H,18,19)(H2,15,16,17,20). The third kappa shape index (κ3) is 3.54. The Morgan fingerprint density at radius 2 is 2.00 bits per heavy atom. The molecule has 0 fully saturated rings. The normalized spacial score (nSPS) is 10.2. The third-order valence-corrected chi connectivity index (χ3v) is 3.70. The van der Waals surface area contributed by atoms with Crippen molar-refractivity contribution in [1.29, 1.82) is 0 Å². The first-order chi connectivity index (χ1) is 9.86.